The maximum atomic E-state index is 13.0. The minimum atomic E-state index is -4.45. The summed E-state index contributed by atoms with van der Waals surface area (Å²) in [5.41, 5.74) is 0.0137. The number of benzene rings is 1. The molecule has 1 aliphatic carbocycles. The molecule has 1 aliphatic rings. The summed E-state index contributed by atoms with van der Waals surface area (Å²) in [6.45, 7) is 1.71. The number of alkyl halides is 3. The zero-order valence-electron chi connectivity index (χ0n) is 10.8. The van der Waals surface area contributed by atoms with Crippen LogP contribution in [0, 0.1) is 12.8 Å². The number of carbonyl (C=O) groups is 1. The predicted octanol–water partition coefficient (Wildman–Crippen LogP) is 3.68. The van der Waals surface area contributed by atoms with E-state index in [0.29, 0.717) is 5.56 Å². The van der Waals surface area contributed by atoms with Gasteiger partial charge in [-0.05, 0) is 37.3 Å². The molecule has 1 aromatic carbocycles. The maximum Gasteiger partial charge on any atom is 0.416 e. The Balaban J connectivity index is 2.51. The fraction of sp³-hybridized carbons (Fsp3) is 0.500. The van der Waals surface area contributed by atoms with Crippen LogP contribution in [-0.4, -0.2) is 13.1 Å². The van der Waals surface area contributed by atoms with Crippen molar-refractivity contribution in [2.75, 3.05) is 7.11 Å². The number of methoxy groups -OCH3 is 1. The van der Waals surface area contributed by atoms with E-state index >= 15 is 0 Å². The molecule has 0 aliphatic heterocycles. The lowest BCUT2D eigenvalue weighted by Gasteiger charge is -2.20. The number of esters is 1. The van der Waals surface area contributed by atoms with Gasteiger partial charge in [0, 0.05) is 0 Å². The van der Waals surface area contributed by atoms with Gasteiger partial charge in [-0.25, -0.2) is 0 Å². The van der Waals surface area contributed by atoms with E-state index in [9.17, 15) is 18.0 Å². The molecule has 0 bridgehead atoms. The van der Waals surface area contributed by atoms with Crippen molar-refractivity contribution >= 4 is 5.97 Å². The standard InChI is InChI=1S/C14H15F3O2/c1-8-3-6-11(14(15,16)17)10(7-8)12(9-4-5-9)13(18)19-2/h3,6-7,9,12H,4-5H2,1-2H3. The van der Waals surface area contributed by atoms with Crippen molar-refractivity contribution in [1.29, 1.82) is 0 Å². The Kier molecular flexibility index (Phi) is 3.56. The number of carbonyl (C=O) groups excluding carboxylic acids is 1. The van der Waals surface area contributed by atoms with Gasteiger partial charge in [-0.2, -0.15) is 13.2 Å². The van der Waals surface area contributed by atoms with Gasteiger partial charge in [0.05, 0.1) is 18.6 Å². The van der Waals surface area contributed by atoms with Crippen molar-refractivity contribution in [3.63, 3.8) is 0 Å². The van der Waals surface area contributed by atoms with Crippen LogP contribution in [0.25, 0.3) is 0 Å². The van der Waals surface area contributed by atoms with Crippen LogP contribution < -0.4 is 0 Å². The summed E-state index contributed by atoms with van der Waals surface area (Å²) < 4.78 is 43.8. The molecule has 0 N–H and O–H groups in total. The molecule has 1 saturated carbocycles. The fourth-order valence-electron chi connectivity index (χ4n) is 2.33. The van der Waals surface area contributed by atoms with Crippen molar-refractivity contribution in [2.24, 2.45) is 5.92 Å². The predicted molar refractivity (Wildman–Crippen MR) is 63.7 cm³/mol. The van der Waals surface area contributed by atoms with Gasteiger partial charge in [0.25, 0.3) is 0 Å². The van der Waals surface area contributed by atoms with Crippen LogP contribution in [0.3, 0.4) is 0 Å². The van der Waals surface area contributed by atoms with Crippen molar-refractivity contribution in [3.05, 3.63) is 34.9 Å². The summed E-state index contributed by atoms with van der Waals surface area (Å²) in [6.07, 6.45) is -2.92. The molecule has 0 saturated heterocycles. The van der Waals surface area contributed by atoms with Crippen molar-refractivity contribution in [1.82, 2.24) is 0 Å². The molecular weight excluding hydrogens is 257 g/mol. The lowest BCUT2D eigenvalue weighted by atomic mass is 9.88. The monoisotopic (exact) mass is 272 g/mol. The van der Waals surface area contributed by atoms with E-state index in [0.717, 1.165) is 18.9 Å². The molecule has 0 spiro atoms. The Hall–Kier alpha value is -1.52. The van der Waals surface area contributed by atoms with Gasteiger partial charge in [-0.3, -0.25) is 4.79 Å². The number of halogens is 3. The first kappa shape index (κ1) is 13.9. The highest BCUT2D eigenvalue weighted by Crippen LogP contribution is 2.46. The molecule has 5 heteroatoms. The first-order chi connectivity index (χ1) is 8.84. The van der Waals surface area contributed by atoms with Crippen LogP contribution in [0.5, 0.6) is 0 Å². The maximum absolute atomic E-state index is 13.0. The quantitative estimate of drug-likeness (QED) is 0.784. The Bertz CT molecular complexity index is 490. The second kappa shape index (κ2) is 4.87. The molecule has 2 rings (SSSR count). The van der Waals surface area contributed by atoms with Gasteiger partial charge in [-0.1, -0.05) is 17.7 Å². The van der Waals surface area contributed by atoms with E-state index < -0.39 is 23.6 Å². The smallest absolute Gasteiger partial charge is 0.416 e. The van der Waals surface area contributed by atoms with E-state index in [2.05, 4.69) is 4.74 Å². The Morgan fingerprint density at radius 1 is 1.37 bits per heavy atom. The minimum absolute atomic E-state index is 0.0321. The summed E-state index contributed by atoms with van der Waals surface area (Å²) in [6, 6.07) is 3.90. The second-order valence-electron chi connectivity index (χ2n) is 4.93. The largest absolute Gasteiger partial charge is 0.469 e. The number of aryl methyl sites for hydroxylation is 1. The zero-order valence-corrected chi connectivity index (χ0v) is 10.8. The van der Waals surface area contributed by atoms with Gasteiger partial charge in [0.2, 0.25) is 0 Å². The van der Waals surface area contributed by atoms with Crippen molar-refractivity contribution in [2.45, 2.75) is 31.9 Å². The van der Waals surface area contributed by atoms with Crippen LogP contribution in [0.2, 0.25) is 0 Å². The zero-order chi connectivity index (χ0) is 14.2. The first-order valence-electron chi connectivity index (χ1n) is 6.10. The molecule has 0 heterocycles. The van der Waals surface area contributed by atoms with Crippen LogP contribution >= 0.6 is 0 Å². The second-order valence-corrected chi connectivity index (χ2v) is 4.93. The van der Waals surface area contributed by atoms with Gasteiger partial charge in [0.15, 0.2) is 0 Å². The average Bonchev–Trinajstić information content (AvgIpc) is 3.12. The Morgan fingerprint density at radius 2 is 2.00 bits per heavy atom. The number of hydrogen-bond donors (Lipinski definition) is 0. The summed E-state index contributed by atoms with van der Waals surface area (Å²) in [4.78, 5) is 11.8. The van der Waals surface area contributed by atoms with Gasteiger partial charge in [-0.15, -0.1) is 0 Å². The van der Waals surface area contributed by atoms with E-state index in [1.54, 1.807) is 6.92 Å². The molecule has 1 aromatic rings. The lowest BCUT2D eigenvalue weighted by Crippen LogP contribution is -2.21. The van der Waals surface area contributed by atoms with Crippen molar-refractivity contribution in [3.8, 4) is 0 Å². The highest BCUT2D eigenvalue weighted by molar-refractivity contribution is 5.79. The molecule has 104 valence electrons. The number of ether oxygens (including phenoxy) is 1. The Morgan fingerprint density at radius 3 is 2.47 bits per heavy atom. The molecule has 0 radical (unpaired) electrons. The van der Waals surface area contributed by atoms with Crippen molar-refractivity contribution < 1.29 is 22.7 Å². The summed E-state index contributed by atoms with van der Waals surface area (Å²) >= 11 is 0. The minimum Gasteiger partial charge on any atom is -0.469 e. The first-order valence-corrected chi connectivity index (χ1v) is 6.10. The molecule has 0 amide bonds. The molecule has 1 atom stereocenters. The van der Waals surface area contributed by atoms with Crippen LogP contribution in [0.15, 0.2) is 18.2 Å². The molecule has 19 heavy (non-hydrogen) atoms. The topological polar surface area (TPSA) is 26.3 Å². The highest BCUT2D eigenvalue weighted by Gasteiger charge is 2.43. The van der Waals surface area contributed by atoms with Crippen LogP contribution in [-0.2, 0) is 15.7 Å². The molecule has 0 aromatic heterocycles. The summed E-state index contributed by atoms with van der Waals surface area (Å²) in [5, 5.41) is 0. The Labute approximate surface area is 109 Å². The molecular formula is C14H15F3O2. The van der Waals surface area contributed by atoms with Gasteiger partial charge in [0.1, 0.15) is 0 Å². The third-order valence-corrected chi connectivity index (χ3v) is 3.40. The van der Waals surface area contributed by atoms with E-state index in [4.69, 9.17) is 0 Å². The fourth-order valence-corrected chi connectivity index (χ4v) is 2.33. The summed E-state index contributed by atoms with van der Waals surface area (Å²) in [7, 11) is 1.21. The third-order valence-electron chi connectivity index (χ3n) is 3.40. The lowest BCUT2D eigenvalue weighted by molar-refractivity contribution is -0.144. The average molecular weight is 272 g/mol. The third kappa shape index (κ3) is 2.91. The van der Waals surface area contributed by atoms with Crippen LogP contribution in [0.1, 0.15) is 35.4 Å². The molecule has 1 unspecified atom stereocenters. The SMILES string of the molecule is COC(=O)C(c1cc(C)ccc1C(F)(F)F)C1CC1. The van der Waals surface area contributed by atoms with E-state index in [-0.39, 0.29) is 11.5 Å². The number of hydrogen-bond acceptors (Lipinski definition) is 2. The van der Waals surface area contributed by atoms with E-state index in [1.165, 1.54) is 19.2 Å². The molecule has 2 nitrogen and oxygen atoms in total. The van der Waals surface area contributed by atoms with Gasteiger partial charge < -0.3 is 4.74 Å². The van der Waals surface area contributed by atoms with Gasteiger partial charge >= 0.3 is 12.1 Å². The number of rotatable bonds is 3. The highest BCUT2D eigenvalue weighted by atomic mass is 19.4. The normalized spacial score (nSPS) is 17.1. The van der Waals surface area contributed by atoms with Crippen LogP contribution in [0.4, 0.5) is 13.2 Å². The summed E-state index contributed by atoms with van der Waals surface area (Å²) in [5.74, 6) is -1.42. The molecule has 1 fully saturated rings. The van der Waals surface area contributed by atoms with E-state index in [1.807, 2.05) is 0 Å².